The minimum atomic E-state index is -3.09. The Morgan fingerprint density at radius 1 is 0.941 bits per heavy atom. The summed E-state index contributed by atoms with van der Waals surface area (Å²) < 4.78 is 25.2. The maximum Gasteiger partial charge on any atom is 0.181 e. The zero-order valence-corrected chi connectivity index (χ0v) is 10.7. The Morgan fingerprint density at radius 3 is 2.12 bits per heavy atom. The molecule has 0 saturated heterocycles. The van der Waals surface area contributed by atoms with Crippen LogP contribution in [0.5, 0.6) is 0 Å². The quantitative estimate of drug-likeness (QED) is 0.808. The van der Waals surface area contributed by atoms with E-state index in [0.717, 1.165) is 19.3 Å². The number of rotatable bonds is 2. The summed E-state index contributed by atoms with van der Waals surface area (Å²) in [6.45, 7) is 0. The van der Waals surface area contributed by atoms with E-state index in [1.807, 2.05) is 18.2 Å². The highest BCUT2D eigenvalue weighted by molar-refractivity contribution is 7.92. The first kappa shape index (κ1) is 11.3. The summed E-state index contributed by atoms with van der Waals surface area (Å²) in [6.07, 6.45) is 5.60. The molecule has 0 amide bonds. The van der Waals surface area contributed by atoms with Gasteiger partial charge in [-0.1, -0.05) is 31.0 Å². The van der Waals surface area contributed by atoms with E-state index in [1.54, 1.807) is 12.1 Å². The zero-order valence-electron chi connectivity index (χ0n) is 9.88. The van der Waals surface area contributed by atoms with Crippen LogP contribution >= 0.6 is 0 Å². The van der Waals surface area contributed by atoms with Crippen LogP contribution in [0.1, 0.15) is 32.1 Å². The van der Waals surface area contributed by atoms with E-state index < -0.39 is 9.84 Å². The van der Waals surface area contributed by atoms with Crippen LogP contribution in [0.4, 0.5) is 0 Å². The third-order valence-corrected chi connectivity index (χ3v) is 6.76. The van der Waals surface area contributed by atoms with Crippen molar-refractivity contribution in [2.24, 2.45) is 11.8 Å². The summed E-state index contributed by atoms with van der Waals surface area (Å²) in [5.74, 6) is 1.06. The SMILES string of the molecule is O=S(=O)(c1ccccc1)[C@H]1CC2CCC1CC2. The molecule has 0 aliphatic heterocycles. The minimum Gasteiger partial charge on any atom is -0.223 e. The van der Waals surface area contributed by atoms with Crippen LogP contribution in [0.2, 0.25) is 0 Å². The van der Waals surface area contributed by atoms with Gasteiger partial charge in [0.15, 0.2) is 9.84 Å². The molecule has 17 heavy (non-hydrogen) atoms. The standard InChI is InChI=1S/C14H18O2S/c15-17(16,13-4-2-1-3-5-13)14-10-11-6-8-12(14)9-7-11/h1-5,11-12,14H,6-10H2/t11?,12?,14-/m0/s1. The van der Waals surface area contributed by atoms with Gasteiger partial charge in [-0.25, -0.2) is 8.42 Å². The fourth-order valence-electron chi connectivity index (χ4n) is 3.48. The largest absolute Gasteiger partial charge is 0.223 e. The molecule has 1 aromatic rings. The smallest absolute Gasteiger partial charge is 0.181 e. The Labute approximate surface area is 103 Å². The van der Waals surface area contributed by atoms with E-state index >= 15 is 0 Å². The molecule has 3 aliphatic carbocycles. The fourth-order valence-corrected chi connectivity index (χ4v) is 5.67. The van der Waals surface area contributed by atoms with Crippen molar-refractivity contribution in [1.29, 1.82) is 0 Å². The summed E-state index contributed by atoms with van der Waals surface area (Å²) in [6, 6.07) is 8.96. The second kappa shape index (κ2) is 4.13. The van der Waals surface area contributed by atoms with Gasteiger partial charge >= 0.3 is 0 Å². The van der Waals surface area contributed by atoms with Crippen LogP contribution in [0.3, 0.4) is 0 Å². The summed E-state index contributed by atoms with van der Waals surface area (Å²) in [4.78, 5) is 0.512. The topological polar surface area (TPSA) is 34.1 Å². The van der Waals surface area contributed by atoms with Crippen molar-refractivity contribution < 1.29 is 8.42 Å². The molecule has 2 bridgehead atoms. The first-order valence-corrected chi connectivity index (χ1v) is 8.01. The number of benzene rings is 1. The lowest BCUT2D eigenvalue weighted by molar-refractivity contribution is 0.179. The molecule has 1 atom stereocenters. The lowest BCUT2D eigenvalue weighted by atomic mass is 9.70. The molecule has 2 nitrogen and oxygen atoms in total. The second-order valence-electron chi connectivity index (χ2n) is 5.41. The van der Waals surface area contributed by atoms with Gasteiger partial charge in [-0.05, 0) is 43.2 Å². The van der Waals surface area contributed by atoms with E-state index in [2.05, 4.69) is 0 Å². The highest BCUT2D eigenvalue weighted by atomic mass is 32.2. The molecule has 3 fully saturated rings. The maximum atomic E-state index is 12.6. The van der Waals surface area contributed by atoms with E-state index in [1.165, 1.54) is 12.8 Å². The van der Waals surface area contributed by atoms with E-state index in [4.69, 9.17) is 0 Å². The van der Waals surface area contributed by atoms with Gasteiger partial charge < -0.3 is 0 Å². The molecule has 3 saturated carbocycles. The highest BCUT2D eigenvalue weighted by Gasteiger charge is 2.42. The first-order chi connectivity index (χ1) is 8.18. The summed E-state index contributed by atoms with van der Waals surface area (Å²) in [5.41, 5.74) is 0. The van der Waals surface area contributed by atoms with Gasteiger partial charge in [0.05, 0.1) is 10.1 Å². The molecule has 0 radical (unpaired) electrons. The molecule has 3 heteroatoms. The molecule has 3 aliphatic rings. The van der Waals surface area contributed by atoms with Crippen LogP contribution in [0.25, 0.3) is 0 Å². The Hall–Kier alpha value is -0.830. The van der Waals surface area contributed by atoms with Crippen molar-refractivity contribution >= 4 is 9.84 Å². The average Bonchev–Trinajstić information content (AvgIpc) is 2.41. The van der Waals surface area contributed by atoms with E-state index in [9.17, 15) is 8.42 Å². The van der Waals surface area contributed by atoms with Crippen molar-refractivity contribution in [3.05, 3.63) is 30.3 Å². The van der Waals surface area contributed by atoms with Gasteiger partial charge in [0.25, 0.3) is 0 Å². The molecule has 0 N–H and O–H groups in total. The lowest BCUT2D eigenvalue weighted by Gasteiger charge is -2.41. The van der Waals surface area contributed by atoms with Crippen molar-refractivity contribution in [1.82, 2.24) is 0 Å². The predicted octanol–water partition coefficient (Wildman–Crippen LogP) is 3.04. The van der Waals surface area contributed by atoms with Gasteiger partial charge in [0, 0.05) is 0 Å². The van der Waals surface area contributed by atoms with Crippen LogP contribution in [-0.2, 0) is 9.84 Å². The van der Waals surface area contributed by atoms with Crippen LogP contribution in [-0.4, -0.2) is 13.7 Å². The molecule has 1 aromatic carbocycles. The third-order valence-electron chi connectivity index (χ3n) is 4.45. The fraction of sp³-hybridized carbons (Fsp3) is 0.571. The molecule has 0 unspecified atom stereocenters. The lowest BCUT2D eigenvalue weighted by Crippen LogP contribution is -2.40. The summed E-state index contributed by atoms with van der Waals surface area (Å²) >= 11 is 0. The van der Waals surface area contributed by atoms with Crippen molar-refractivity contribution in [3.63, 3.8) is 0 Å². The van der Waals surface area contributed by atoms with Crippen LogP contribution in [0.15, 0.2) is 35.2 Å². The number of sulfone groups is 1. The average molecular weight is 250 g/mol. The highest BCUT2D eigenvalue weighted by Crippen LogP contribution is 2.45. The second-order valence-corrected chi connectivity index (χ2v) is 7.58. The minimum absolute atomic E-state index is 0.114. The van der Waals surface area contributed by atoms with Crippen molar-refractivity contribution in [2.45, 2.75) is 42.2 Å². The van der Waals surface area contributed by atoms with Gasteiger partial charge in [0.1, 0.15) is 0 Å². The van der Waals surface area contributed by atoms with Gasteiger partial charge in [-0.3, -0.25) is 0 Å². The Bertz CT molecular complexity index is 484. The van der Waals surface area contributed by atoms with Crippen LogP contribution in [0, 0.1) is 11.8 Å². The number of hydrogen-bond acceptors (Lipinski definition) is 2. The molecule has 0 spiro atoms. The van der Waals surface area contributed by atoms with Crippen molar-refractivity contribution in [2.75, 3.05) is 0 Å². The third kappa shape index (κ3) is 1.90. The number of hydrogen-bond donors (Lipinski definition) is 0. The maximum absolute atomic E-state index is 12.6. The van der Waals surface area contributed by atoms with Gasteiger partial charge in [-0.2, -0.15) is 0 Å². The van der Waals surface area contributed by atoms with Crippen LogP contribution < -0.4 is 0 Å². The summed E-state index contributed by atoms with van der Waals surface area (Å²) in [7, 11) is -3.09. The Morgan fingerprint density at radius 2 is 1.59 bits per heavy atom. The Kier molecular flexibility index (Phi) is 2.74. The Balaban J connectivity index is 1.94. The first-order valence-electron chi connectivity index (χ1n) is 6.47. The number of fused-ring (bicyclic) bond motifs is 3. The van der Waals surface area contributed by atoms with E-state index in [-0.39, 0.29) is 5.25 Å². The molecule has 0 heterocycles. The van der Waals surface area contributed by atoms with Crippen molar-refractivity contribution in [3.8, 4) is 0 Å². The monoisotopic (exact) mass is 250 g/mol. The van der Waals surface area contributed by atoms with Gasteiger partial charge in [-0.15, -0.1) is 0 Å². The van der Waals surface area contributed by atoms with E-state index in [0.29, 0.717) is 16.7 Å². The van der Waals surface area contributed by atoms with Gasteiger partial charge in [0.2, 0.25) is 0 Å². The molecule has 0 aromatic heterocycles. The summed E-state index contributed by atoms with van der Waals surface area (Å²) in [5, 5.41) is -0.114. The molecule has 92 valence electrons. The predicted molar refractivity (Wildman–Crippen MR) is 67.5 cm³/mol. The normalized spacial score (nSPS) is 32.6. The molecular weight excluding hydrogens is 232 g/mol. The molecule has 4 rings (SSSR count). The zero-order chi connectivity index (χ0) is 11.9. The molecular formula is C14H18O2S.